The van der Waals surface area contributed by atoms with Gasteiger partial charge in [0.05, 0.1) is 12.5 Å². The average molecular weight is 645 g/mol. The smallest absolute Gasteiger partial charge is 0.664 e. The number of ether oxygens (including phenoxy) is 2. The molecule has 0 amide bonds. The molecule has 1 aliphatic carbocycles. The third kappa shape index (κ3) is 5.69. The van der Waals surface area contributed by atoms with Crippen molar-refractivity contribution in [3.63, 3.8) is 0 Å². The van der Waals surface area contributed by atoms with Gasteiger partial charge in [0.25, 0.3) is 0 Å². The Morgan fingerprint density at radius 3 is 2.38 bits per heavy atom. The van der Waals surface area contributed by atoms with E-state index >= 15 is 0 Å². The standard InChI is InChI=1S/C37H41N4O5.Mg/c1-9-21-17(4)24-14-26-19(6)23(12-13-30(42)46-11-3)34(40-26)32-33(37(44)45-8)36(43)31-20(7)27(41-35(31)32)16-29-22(10-2)18(5)25(39-29)15-28(21)38-24;/h9,14-16,19,23,33,37,44H,1,10-13H2,2-8H3,(H-,40,41,43);/q-3;+2/p-1/b25-15-,26-14-,29-16-;/t19-,23-,33+,37?;/m0./s1. The maximum atomic E-state index is 14.1. The fourth-order valence-corrected chi connectivity index (χ4v) is 7.25. The molecule has 1 N–H and O–H groups in total. The van der Waals surface area contributed by atoms with Gasteiger partial charge in [-0.05, 0) is 57.9 Å². The molecule has 0 saturated carbocycles. The van der Waals surface area contributed by atoms with Crippen molar-refractivity contribution in [1.29, 1.82) is 0 Å². The molecule has 0 spiro atoms. The summed E-state index contributed by atoms with van der Waals surface area (Å²) in [4.78, 5) is 41.8. The van der Waals surface area contributed by atoms with E-state index in [-0.39, 0.29) is 53.1 Å². The summed E-state index contributed by atoms with van der Waals surface area (Å²) in [7, 11) is 1.38. The first-order valence-corrected chi connectivity index (χ1v) is 15.9. The number of Topliss-reactive ketones (excluding diaryl/α,β-unsaturated/α-hetero) is 1. The Labute approximate surface area is 291 Å². The maximum Gasteiger partial charge on any atom is 2.00 e. The van der Waals surface area contributed by atoms with Crippen LogP contribution in [0.2, 0.25) is 0 Å². The van der Waals surface area contributed by atoms with Gasteiger partial charge >= 0.3 is 29.0 Å². The molecule has 0 aromatic carbocycles. The Morgan fingerprint density at radius 2 is 1.72 bits per heavy atom. The number of carbonyl (C=O) groups is 2. The largest absolute Gasteiger partial charge is 2.00 e. The van der Waals surface area contributed by atoms with Crippen molar-refractivity contribution in [2.45, 2.75) is 67.1 Å². The summed E-state index contributed by atoms with van der Waals surface area (Å²) in [6.07, 6.45) is 7.77. The van der Waals surface area contributed by atoms with E-state index in [1.165, 1.54) is 7.11 Å². The van der Waals surface area contributed by atoms with Gasteiger partial charge in [-0.15, -0.1) is 33.5 Å². The number of aliphatic hydroxyl groups is 1. The van der Waals surface area contributed by atoms with Crippen molar-refractivity contribution in [3.05, 3.63) is 90.1 Å². The van der Waals surface area contributed by atoms with E-state index in [1.54, 1.807) is 6.92 Å². The number of ketones is 1. The van der Waals surface area contributed by atoms with E-state index in [9.17, 15) is 14.7 Å². The van der Waals surface area contributed by atoms with Gasteiger partial charge in [0.15, 0.2) is 12.1 Å². The van der Waals surface area contributed by atoms with Crippen LogP contribution >= 0.6 is 0 Å². The molecule has 2 aliphatic heterocycles. The molecule has 1 saturated heterocycles. The molecule has 3 aliphatic rings. The van der Waals surface area contributed by atoms with Crippen molar-refractivity contribution in [2.24, 2.45) is 17.8 Å². The summed E-state index contributed by atoms with van der Waals surface area (Å²) in [6, 6.07) is 0. The summed E-state index contributed by atoms with van der Waals surface area (Å²) >= 11 is 0. The van der Waals surface area contributed by atoms with Crippen LogP contribution in [0.1, 0.15) is 94.6 Å². The minimum Gasteiger partial charge on any atom is -0.664 e. The maximum absolute atomic E-state index is 14.1. The first-order chi connectivity index (χ1) is 22.0. The van der Waals surface area contributed by atoms with E-state index in [0.29, 0.717) is 41.2 Å². The Balaban J connectivity index is 0.00000433. The molecule has 5 heterocycles. The van der Waals surface area contributed by atoms with E-state index < -0.39 is 12.2 Å². The summed E-state index contributed by atoms with van der Waals surface area (Å²) in [6.45, 7) is 16.3. The van der Waals surface area contributed by atoms with E-state index in [1.807, 2.05) is 38.2 Å². The number of methoxy groups -OCH3 is 1. The van der Waals surface area contributed by atoms with Crippen molar-refractivity contribution in [3.8, 4) is 0 Å². The molecule has 0 radical (unpaired) electrons. The number of fused-ring (bicyclic) bond motifs is 7. The number of aliphatic hydroxyl groups excluding tert-OH is 1. The molecule has 10 heteroatoms. The van der Waals surface area contributed by atoms with Crippen molar-refractivity contribution >= 4 is 64.7 Å². The van der Waals surface area contributed by atoms with Gasteiger partial charge < -0.3 is 34.8 Å². The number of nitrogens with zero attached hydrogens (tertiary/aromatic N) is 4. The average Bonchev–Trinajstić information content (AvgIpc) is 3.77. The Bertz CT molecular complexity index is 1960. The molecule has 47 heavy (non-hydrogen) atoms. The molecule has 1 unspecified atom stereocenters. The third-order valence-corrected chi connectivity index (χ3v) is 9.84. The van der Waals surface area contributed by atoms with Gasteiger partial charge in [0.1, 0.15) is 0 Å². The van der Waals surface area contributed by atoms with Gasteiger partial charge in [-0.2, -0.15) is 11.4 Å². The summed E-state index contributed by atoms with van der Waals surface area (Å²) in [5.74, 6) is -1.93. The van der Waals surface area contributed by atoms with Crippen LogP contribution in [-0.2, 0) is 20.7 Å². The summed E-state index contributed by atoms with van der Waals surface area (Å²) < 4.78 is 10.6. The molecule has 8 bridgehead atoms. The van der Waals surface area contributed by atoms with Crippen LogP contribution in [0.3, 0.4) is 0 Å². The molecule has 6 rings (SSSR count). The molecule has 9 nitrogen and oxygen atoms in total. The fraction of sp³-hybridized carbons (Fsp3) is 0.405. The monoisotopic (exact) mass is 644 g/mol. The zero-order valence-corrected chi connectivity index (χ0v) is 29.6. The Hall–Kier alpha value is -3.57. The summed E-state index contributed by atoms with van der Waals surface area (Å²) in [5.41, 5.74) is 9.90. The van der Waals surface area contributed by atoms with Crippen molar-refractivity contribution in [1.82, 2.24) is 15.0 Å². The fourth-order valence-electron chi connectivity index (χ4n) is 7.25. The Morgan fingerprint density at radius 1 is 1.02 bits per heavy atom. The van der Waals surface area contributed by atoms with Crippen LogP contribution in [0.15, 0.2) is 18.0 Å². The van der Waals surface area contributed by atoms with Crippen molar-refractivity contribution < 1.29 is 24.2 Å². The second-order valence-corrected chi connectivity index (χ2v) is 12.3. The zero-order valence-electron chi connectivity index (χ0n) is 28.2. The topological polar surface area (TPSA) is 129 Å². The molecule has 242 valence electrons. The molecule has 1 fully saturated rings. The first kappa shape index (κ1) is 34.8. The number of rotatable bonds is 8. The number of allylic oxidation sites excluding steroid dienone is 2. The molecule has 3 aromatic rings. The third-order valence-electron chi connectivity index (χ3n) is 9.84. The second kappa shape index (κ2) is 13.5. The molecule has 4 atom stereocenters. The van der Waals surface area contributed by atoms with Gasteiger partial charge in [0.2, 0.25) is 0 Å². The quantitative estimate of drug-likeness (QED) is 0.223. The van der Waals surface area contributed by atoms with Crippen LogP contribution in [0.25, 0.3) is 35.2 Å². The van der Waals surface area contributed by atoms with Crippen LogP contribution in [0.5, 0.6) is 0 Å². The van der Waals surface area contributed by atoms with Gasteiger partial charge in [0, 0.05) is 19.1 Å². The number of hydrogen-bond donors (Lipinski definition) is 1. The number of aromatic nitrogens is 3. The van der Waals surface area contributed by atoms with Gasteiger partial charge in [-0.1, -0.05) is 72.6 Å². The normalized spacial score (nSPS) is 24.3. The second-order valence-electron chi connectivity index (χ2n) is 12.3. The van der Waals surface area contributed by atoms with E-state index in [0.717, 1.165) is 62.0 Å². The van der Waals surface area contributed by atoms with Crippen LogP contribution in [0, 0.1) is 38.5 Å². The summed E-state index contributed by atoms with van der Waals surface area (Å²) in [5, 5.41) is 17.9. The van der Waals surface area contributed by atoms with E-state index in [4.69, 9.17) is 29.7 Å². The van der Waals surface area contributed by atoms with Crippen LogP contribution in [0.4, 0.5) is 0 Å². The molecule has 3 aromatic heterocycles. The minimum absolute atomic E-state index is 0. The van der Waals surface area contributed by atoms with Gasteiger partial charge in [-0.25, -0.2) is 0 Å². The predicted molar refractivity (Wildman–Crippen MR) is 183 cm³/mol. The van der Waals surface area contributed by atoms with Crippen LogP contribution in [-0.4, -0.2) is 59.9 Å². The van der Waals surface area contributed by atoms with E-state index in [2.05, 4.69) is 27.4 Å². The predicted octanol–water partition coefficient (Wildman–Crippen LogP) is 3.79. The van der Waals surface area contributed by atoms with Gasteiger partial charge in [-0.3, -0.25) is 9.59 Å². The number of hydrogen-bond acceptors (Lipinski definition) is 5. The van der Waals surface area contributed by atoms with Crippen LogP contribution < -0.4 is 25.7 Å². The molecular weight excluding hydrogens is 605 g/mol. The Kier molecular flexibility index (Phi) is 9.99. The number of carbonyl (C=O) groups excluding carboxylic acids is 2. The minimum atomic E-state index is -1.40. The number of esters is 1. The van der Waals surface area contributed by atoms with Crippen molar-refractivity contribution in [2.75, 3.05) is 13.7 Å². The SMILES string of the molecule is C=Cc1c2[n-]c(c1C)/C=C1\[N-]/C(=C3\c4[n-]c(c(C)c4C(=O)[C@@H]3C(O)OC)/C=c3\[n-]/c(c(C)c3CC)=C\2)[C@@H](CCC(=O)OCC)[C@@H]1C.[Mg+2]. The zero-order chi connectivity index (χ0) is 33.0. The molecular formula is C37H40MgN4O5-2. The first-order valence-electron chi connectivity index (χ1n) is 15.9.